The molecule has 0 aromatic heterocycles. The molecule has 0 radical (unpaired) electrons. The minimum atomic E-state index is -3.90. The topological polar surface area (TPSA) is 54.4 Å². The monoisotopic (exact) mass is 196 g/mol. The second-order valence-electron chi connectivity index (χ2n) is 4.24. The lowest BCUT2D eigenvalue weighted by atomic mass is 9.92. The molecule has 0 amide bonds. The van der Waals surface area contributed by atoms with Gasteiger partial charge in [0, 0.05) is 10.2 Å². The zero-order chi connectivity index (χ0) is 9.50. The van der Waals surface area contributed by atoms with Crippen LogP contribution in [0.3, 0.4) is 0 Å². The predicted molar refractivity (Wildman–Crippen MR) is 49.3 cm³/mol. The SMILES string of the molecule is CC(C)(C)C(C)([SiH3])S(=O)(=O)O. The van der Waals surface area contributed by atoms with E-state index in [0.29, 0.717) is 10.2 Å². The fourth-order valence-corrected chi connectivity index (χ4v) is 1.16. The third kappa shape index (κ3) is 2.04. The Labute approximate surface area is 71.4 Å². The van der Waals surface area contributed by atoms with Crippen LogP contribution in [0.15, 0.2) is 0 Å². The lowest BCUT2D eigenvalue weighted by molar-refractivity contribution is 0.334. The van der Waals surface area contributed by atoms with E-state index in [4.69, 9.17) is 4.55 Å². The fourth-order valence-electron chi connectivity index (χ4n) is 0.387. The summed E-state index contributed by atoms with van der Waals surface area (Å²) in [6, 6.07) is 0. The average Bonchev–Trinajstić information content (AvgIpc) is 1.58. The third-order valence-corrected chi connectivity index (χ3v) is 7.40. The molecule has 5 heteroatoms. The molecule has 0 aromatic carbocycles. The fraction of sp³-hybridized carbons (Fsp3) is 1.00. The van der Waals surface area contributed by atoms with Gasteiger partial charge in [0.25, 0.3) is 10.1 Å². The first-order chi connectivity index (χ1) is 4.50. The summed E-state index contributed by atoms with van der Waals surface area (Å²) in [7, 11) is -3.47. The molecule has 0 rings (SSSR count). The summed E-state index contributed by atoms with van der Waals surface area (Å²) in [6.45, 7) is 7.02. The highest BCUT2D eigenvalue weighted by atomic mass is 32.2. The van der Waals surface area contributed by atoms with Gasteiger partial charge in [-0.2, -0.15) is 8.42 Å². The molecule has 11 heavy (non-hydrogen) atoms. The predicted octanol–water partition coefficient (Wildman–Crippen LogP) is 0.00190. The highest BCUT2D eigenvalue weighted by Crippen LogP contribution is 2.33. The maximum Gasteiger partial charge on any atom is 0.267 e. The molecule has 1 atom stereocenters. The molecule has 0 fully saturated rings. The molecule has 1 N–H and O–H groups in total. The van der Waals surface area contributed by atoms with Crippen molar-refractivity contribution in [1.82, 2.24) is 0 Å². The molecule has 0 aliphatic heterocycles. The number of rotatable bonds is 1. The van der Waals surface area contributed by atoms with Crippen LogP contribution in [0.4, 0.5) is 0 Å². The van der Waals surface area contributed by atoms with Gasteiger partial charge in [-0.15, -0.1) is 0 Å². The van der Waals surface area contributed by atoms with Crippen LogP contribution >= 0.6 is 0 Å². The van der Waals surface area contributed by atoms with Gasteiger partial charge in [-0.25, -0.2) is 0 Å². The van der Waals surface area contributed by atoms with E-state index in [1.807, 2.05) is 20.8 Å². The molecule has 0 saturated carbocycles. The lowest BCUT2D eigenvalue weighted by Crippen LogP contribution is -2.47. The van der Waals surface area contributed by atoms with Crippen molar-refractivity contribution in [3.8, 4) is 0 Å². The normalized spacial score (nSPS) is 19.7. The van der Waals surface area contributed by atoms with Crippen molar-refractivity contribution in [2.45, 2.75) is 32.1 Å². The summed E-state index contributed by atoms with van der Waals surface area (Å²) >= 11 is 0. The van der Waals surface area contributed by atoms with Gasteiger partial charge in [0.05, 0.1) is 4.37 Å². The van der Waals surface area contributed by atoms with Gasteiger partial charge in [-0.05, 0) is 12.3 Å². The summed E-state index contributed by atoms with van der Waals surface area (Å²) in [6.07, 6.45) is 0. The highest BCUT2D eigenvalue weighted by Gasteiger charge is 2.43. The second-order valence-corrected chi connectivity index (χ2v) is 8.93. The first-order valence-electron chi connectivity index (χ1n) is 3.47. The van der Waals surface area contributed by atoms with Crippen molar-refractivity contribution in [2.24, 2.45) is 5.41 Å². The van der Waals surface area contributed by atoms with Crippen LogP contribution in [-0.4, -0.2) is 27.6 Å². The van der Waals surface area contributed by atoms with Crippen molar-refractivity contribution < 1.29 is 13.0 Å². The van der Waals surface area contributed by atoms with Crippen molar-refractivity contribution in [1.29, 1.82) is 0 Å². The summed E-state index contributed by atoms with van der Waals surface area (Å²) < 4.78 is 29.7. The Morgan fingerprint density at radius 3 is 1.45 bits per heavy atom. The standard InChI is InChI=1S/C6H16O3SSi/c1-5(2,3)6(4,11)10(7,8)9/h1-4,11H3,(H,7,8,9). The smallest absolute Gasteiger partial charge is 0.267 e. The van der Waals surface area contributed by atoms with Gasteiger partial charge in [0.2, 0.25) is 0 Å². The van der Waals surface area contributed by atoms with Crippen LogP contribution in [-0.2, 0) is 10.1 Å². The summed E-state index contributed by atoms with van der Waals surface area (Å²) in [5, 5.41) is 0. The largest absolute Gasteiger partial charge is 0.285 e. The van der Waals surface area contributed by atoms with Crippen molar-refractivity contribution in [2.75, 3.05) is 0 Å². The lowest BCUT2D eigenvalue weighted by Gasteiger charge is -2.35. The minimum Gasteiger partial charge on any atom is -0.285 e. The molecular formula is C6H16O3SSi. The van der Waals surface area contributed by atoms with E-state index < -0.39 is 19.9 Å². The molecule has 0 heterocycles. The Kier molecular flexibility index (Phi) is 2.60. The number of hydrogen-bond donors (Lipinski definition) is 1. The maximum atomic E-state index is 10.9. The molecule has 3 nitrogen and oxygen atoms in total. The van der Waals surface area contributed by atoms with Crippen molar-refractivity contribution in [3.63, 3.8) is 0 Å². The maximum absolute atomic E-state index is 10.9. The van der Waals surface area contributed by atoms with E-state index in [1.54, 1.807) is 6.92 Å². The Morgan fingerprint density at radius 2 is 1.45 bits per heavy atom. The zero-order valence-corrected chi connectivity index (χ0v) is 10.5. The van der Waals surface area contributed by atoms with Gasteiger partial charge >= 0.3 is 0 Å². The zero-order valence-electron chi connectivity index (χ0n) is 7.67. The molecule has 0 aromatic rings. The van der Waals surface area contributed by atoms with E-state index in [9.17, 15) is 8.42 Å². The van der Waals surface area contributed by atoms with E-state index in [2.05, 4.69) is 0 Å². The summed E-state index contributed by atoms with van der Waals surface area (Å²) in [4.78, 5) is 0. The van der Waals surface area contributed by atoms with Crippen LogP contribution in [0.5, 0.6) is 0 Å². The molecule has 68 valence electrons. The third-order valence-electron chi connectivity index (χ3n) is 2.45. The van der Waals surface area contributed by atoms with E-state index in [1.165, 1.54) is 0 Å². The Morgan fingerprint density at radius 1 is 1.18 bits per heavy atom. The summed E-state index contributed by atoms with van der Waals surface area (Å²) in [5.74, 6) is 0. The van der Waals surface area contributed by atoms with E-state index in [0.717, 1.165) is 0 Å². The Bertz CT molecular complexity index is 235. The van der Waals surface area contributed by atoms with Gasteiger partial charge < -0.3 is 0 Å². The average molecular weight is 196 g/mol. The Hall–Kier alpha value is 0.127. The van der Waals surface area contributed by atoms with Gasteiger partial charge in [-0.1, -0.05) is 20.8 Å². The molecule has 0 bridgehead atoms. The molecule has 0 saturated heterocycles. The first kappa shape index (κ1) is 11.1. The quantitative estimate of drug-likeness (QED) is 0.474. The van der Waals surface area contributed by atoms with Crippen LogP contribution in [0.2, 0.25) is 0 Å². The van der Waals surface area contributed by atoms with Crippen LogP contribution in [0, 0.1) is 5.41 Å². The van der Waals surface area contributed by atoms with Gasteiger partial charge in [0.15, 0.2) is 0 Å². The highest BCUT2D eigenvalue weighted by molar-refractivity contribution is 7.88. The van der Waals surface area contributed by atoms with Crippen LogP contribution in [0.1, 0.15) is 27.7 Å². The van der Waals surface area contributed by atoms with Crippen LogP contribution in [0.25, 0.3) is 0 Å². The molecular weight excluding hydrogens is 180 g/mol. The van der Waals surface area contributed by atoms with Gasteiger partial charge in [0.1, 0.15) is 0 Å². The van der Waals surface area contributed by atoms with Crippen molar-refractivity contribution in [3.05, 3.63) is 0 Å². The minimum absolute atomic E-state index is 0.396. The summed E-state index contributed by atoms with van der Waals surface area (Å²) in [5.41, 5.74) is -0.396. The Balaban J connectivity index is 5.08. The first-order valence-corrected chi connectivity index (χ1v) is 5.91. The molecule has 0 aliphatic carbocycles. The molecule has 0 spiro atoms. The van der Waals surface area contributed by atoms with Gasteiger partial charge in [-0.3, -0.25) is 4.55 Å². The molecule has 1 unspecified atom stereocenters. The van der Waals surface area contributed by atoms with E-state index >= 15 is 0 Å². The molecule has 0 aliphatic rings. The van der Waals surface area contributed by atoms with Crippen LogP contribution < -0.4 is 0 Å². The number of hydrogen-bond acceptors (Lipinski definition) is 2. The van der Waals surface area contributed by atoms with Crippen molar-refractivity contribution >= 4 is 20.4 Å². The second kappa shape index (κ2) is 2.57. The van der Waals surface area contributed by atoms with E-state index in [-0.39, 0.29) is 0 Å².